The van der Waals surface area contributed by atoms with Crippen molar-refractivity contribution >= 4 is 22.6 Å². The summed E-state index contributed by atoms with van der Waals surface area (Å²) in [5.41, 5.74) is 6.66. The van der Waals surface area contributed by atoms with Crippen LogP contribution < -0.4 is 10.1 Å². The largest absolute Gasteiger partial charge is 0.464 e. The molecule has 0 fully saturated rings. The molecule has 4 rings (SSSR count). The molecule has 4 aromatic rings. The highest BCUT2D eigenvalue weighted by molar-refractivity contribution is 5.96. The Morgan fingerprint density at radius 2 is 1.75 bits per heavy atom. The first kappa shape index (κ1) is 21.6. The van der Waals surface area contributed by atoms with E-state index in [4.69, 9.17) is 9.72 Å². The van der Waals surface area contributed by atoms with E-state index in [1.54, 1.807) is 6.92 Å². The Morgan fingerprint density at radius 3 is 2.41 bits per heavy atom. The summed E-state index contributed by atoms with van der Waals surface area (Å²) in [5.74, 6) is 0.173. The molecule has 6 heteroatoms. The van der Waals surface area contributed by atoms with Crippen molar-refractivity contribution in [3.8, 4) is 17.0 Å². The van der Waals surface area contributed by atoms with Crippen LogP contribution in [0.3, 0.4) is 0 Å². The van der Waals surface area contributed by atoms with Crippen molar-refractivity contribution < 1.29 is 9.53 Å². The molecule has 1 amide bonds. The average molecular weight is 429 g/mol. The zero-order chi connectivity index (χ0) is 22.8. The van der Waals surface area contributed by atoms with Gasteiger partial charge in [-0.2, -0.15) is 10.1 Å². The highest BCUT2D eigenvalue weighted by Crippen LogP contribution is 2.33. The minimum Gasteiger partial charge on any atom is -0.464 e. The molecule has 164 valence electrons. The Balaban J connectivity index is 1.67. The third-order valence-corrected chi connectivity index (χ3v) is 5.39. The number of ether oxygens (including phenoxy) is 1. The fraction of sp³-hybridized carbons (Fsp3) is 0.269. The molecular weight excluding hydrogens is 400 g/mol. The number of carbonyl (C=O) groups is 1. The lowest BCUT2D eigenvalue weighted by Crippen LogP contribution is -2.30. The van der Waals surface area contributed by atoms with Crippen molar-refractivity contribution in [3.05, 3.63) is 71.4 Å². The number of aryl methyl sites for hydroxylation is 4. The molecule has 1 unspecified atom stereocenters. The lowest BCUT2D eigenvalue weighted by molar-refractivity contribution is -0.122. The number of aromatic nitrogens is 3. The van der Waals surface area contributed by atoms with Crippen LogP contribution in [0.5, 0.6) is 5.88 Å². The molecule has 0 aliphatic rings. The second-order valence-electron chi connectivity index (χ2n) is 8.10. The summed E-state index contributed by atoms with van der Waals surface area (Å²) in [6.45, 7) is 10.5. The Labute approximate surface area is 188 Å². The van der Waals surface area contributed by atoms with Crippen molar-refractivity contribution in [1.82, 2.24) is 14.8 Å². The predicted molar refractivity (Wildman–Crippen MR) is 128 cm³/mol. The number of hydrogen-bond acceptors (Lipinski definition) is 4. The standard InChI is InChI=1S/C26H28N4O2/c1-6-30-25-24(18(4)29-30)22(20-10-8-7-9-11-20)15-23(28-25)32-19(5)26(31)27-21-13-16(2)12-17(3)14-21/h7-15,19H,6H2,1-5H3,(H,27,31). The summed E-state index contributed by atoms with van der Waals surface area (Å²) in [6, 6.07) is 17.9. The molecule has 2 heterocycles. The van der Waals surface area contributed by atoms with Gasteiger partial charge in [-0.15, -0.1) is 0 Å². The molecule has 6 nitrogen and oxygen atoms in total. The van der Waals surface area contributed by atoms with E-state index in [2.05, 4.69) is 28.6 Å². The maximum Gasteiger partial charge on any atom is 0.265 e. The molecule has 0 aliphatic heterocycles. The maximum atomic E-state index is 12.8. The highest BCUT2D eigenvalue weighted by Gasteiger charge is 2.20. The number of pyridine rings is 1. The van der Waals surface area contributed by atoms with Crippen molar-refractivity contribution in [2.45, 2.75) is 47.3 Å². The van der Waals surface area contributed by atoms with Gasteiger partial charge in [-0.05, 0) is 69.0 Å². The number of carbonyl (C=O) groups excluding carboxylic acids is 1. The smallest absolute Gasteiger partial charge is 0.265 e. The number of amides is 1. The van der Waals surface area contributed by atoms with E-state index >= 15 is 0 Å². The minimum atomic E-state index is -0.719. The predicted octanol–water partition coefficient (Wildman–Crippen LogP) is 5.45. The van der Waals surface area contributed by atoms with Crippen molar-refractivity contribution in [2.24, 2.45) is 0 Å². The van der Waals surface area contributed by atoms with Crippen LogP contribution in [0.2, 0.25) is 0 Å². The fourth-order valence-corrected chi connectivity index (χ4v) is 3.98. The first-order valence-electron chi connectivity index (χ1n) is 10.8. The number of nitrogens with one attached hydrogen (secondary N) is 1. The summed E-state index contributed by atoms with van der Waals surface area (Å²) < 4.78 is 7.89. The lowest BCUT2D eigenvalue weighted by atomic mass is 10.0. The molecule has 0 bridgehead atoms. The van der Waals surface area contributed by atoms with Gasteiger partial charge in [-0.25, -0.2) is 4.68 Å². The summed E-state index contributed by atoms with van der Waals surface area (Å²) in [7, 11) is 0. The SMILES string of the molecule is CCn1nc(C)c2c(-c3ccccc3)cc(OC(C)C(=O)Nc3cc(C)cc(C)c3)nc21. The molecule has 0 saturated carbocycles. The molecular formula is C26H28N4O2. The normalized spacial score (nSPS) is 12.0. The van der Waals surface area contributed by atoms with Crippen LogP contribution in [-0.4, -0.2) is 26.8 Å². The third-order valence-electron chi connectivity index (χ3n) is 5.39. The zero-order valence-corrected chi connectivity index (χ0v) is 19.1. The molecule has 0 radical (unpaired) electrons. The summed E-state index contributed by atoms with van der Waals surface area (Å²) in [4.78, 5) is 17.5. The van der Waals surface area contributed by atoms with Crippen molar-refractivity contribution in [3.63, 3.8) is 0 Å². The van der Waals surface area contributed by atoms with E-state index in [1.165, 1.54) is 0 Å². The highest BCUT2D eigenvalue weighted by atomic mass is 16.5. The van der Waals surface area contributed by atoms with Gasteiger partial charge in [0.1, 0.15) is 0 Å². The Bertz CT molecular complexity index is 1260. The van der Waals surface area contributed by atoms with Crippen LogP contribution in [0.25, 0.3) is 22.2 Å². The van der Waals surface area contributed by atoms with Gasteiger partial charge >= 0.3 is 0 Å². The Hall–Kier alpha value is -3.67. The molecule has 1 N–H and O–H groups in total. The van der Waals surface area contributed by atoms with Crippen molar-refractivity contribution in [1.29, 1.82) is 0 Å². The molecule has 0 spiro atoms. The van der Waals surface area contributed by atoms with Crippen molar-refractivity contribution in [2.75, 3.05) is 5.32 Å². The van der Waals surface area contributed by atoms with Gasteiger partial charge in [0, 0.05) is 18.3 Å². The fourth-order valence-electron chi connectivity index (χ4n) is 3.98. The van der Waals surface area contributed by atoms with E-state index < -0.39 is 6.10 Å². The number of benzene rings is 2. The van der Waals surface area contributed by atoms with E-state index in [1.807, 2.05) is 68.8 Å². The van der Waals surface area contributed by atoms with Crippen LogP contribution in [0.4, 0.5) is 5.69 Å². The van der Waals surface area contributed by atoms with Crippen LogP contribution in [-0.2, 0) is 11.3 Å². The first-order valence-corrected chi connectivity index (χ1v) is 10.8. The van der Waals surface area contributed by atoms with Crippen LogP contribution in [0.15, 0.2) is 54.6 Å². The van der Waals surface area contributed by atoms with Gasteiger partial charge in [0.15, 0.2) is 11.8 Å². The van der Waals surface area contributed by atoms with Crippen LogP contribution >= 0.6 is 0 Å². The summed E-state index contributed by atoms with van der Waals surface area (Å²) >= 11 is 0. The van der Waals surface area contributed by atoms with Gasteiger partial charge < -0.3 is 10.1 Å². The van der Waals surface area contributed by atoms with Gasteiger partial charge in [-0.1, -0.05) is 36.4 Å². The van der Waals surface area contributed by atoms with E-state index in [0.717, 1.165) is 44.7 Å². The van der Waals surface area contributed by atoms with Gasteiger partial charge in [-0.3, -0.25) is 4.79 Å². The number of nitrogens with zero attached hydrogens (tertiary/aromatic N) is 3. The quantitative estimate of drug-likeness (QED) is 0.443. The molecule has 0 aliphatic carbocycles. The lowest BCUT2D eigenvalue weighted by Gasteiger charge is -2.16. The monoisotopic (exact) mass is 428 g/mol. The van der Waals surface area contributed by atoms with E-state index in [-0.39, 0.29) is 5.91 Å². The zero-order valence-electron chi connectivity index (χ0n) is 19.1. The number of rotatable bonds is 6. The Morgan fingerprint density at radius 1 is 1.06 bits per heavy atom. The molecule has 32 heavy (non-hydrogen) atoms. The van der Waals surface area contributed by atoms with Crippen LogP contribution in [0, 0.1) is 20.8 Å². The molecule has 2 aromatic heterocycles. The first-order chi connectivity index (χ1) is 15.4. The third kappa shape index (κ3) is 4.35. The molecule has 2 aromatic carbocycles. The summed E-state index contributed by atoms with van der Waals surface area (Å²) in [6.07, 6.45) is -0.719. The topological polar surface area (TPSA) is 69.0 Å². The van der Waals surface area contributed by atoms with Crippen LogP contribution in [0.1, 0.15) is 30.7 Å². The average Bonchev–Trinajstić information content (AvgIpc) is 3.08. The minimum absolute atomic E-state index is 0.224. The number of fused-ring (bicyclic) bond motifs is 1. The number of hydrogen-bond donors (Lipinski definition) is 1. The second kappa shape index (κ2) is 8.83. The molecule has 1 atom stereocenters. The van der Waals surface area contributed by atoms with Gasteiger partial charge in [0.25, 0.3) is 5.91 Å². The van der Waals surface area contributed by atoms with E-state index in [9.17, 15) is 4.79 Å². The van der Waals surface area contributed by atoms with Gasteiger partial charge in [0.05, 0.1) is 11.1 Å². The maximum absolute atomic E-state index is 12.8. The second-order valence-corrected chi connectivity index (χ2v) is 8.10. The van der Waals surface area contributed by atoms with E-state index in [0.29, 0.717) is 12.4 Å². The molecule has 0 saturated heterocycles. The summed E-state index contributed by atoms with van der Waals surface area (Å²) in [5, 5.41) is 8.58. The van der Waals surface area contributed by atoms with Gasteiger partial charge in [0.2, 0.25) is 5.88 Å². The number of anilines is 1. The Kier molecular flexibility index (Phi) is 5.95.